The Kier molecular flexibility index (Phi) is 8.74. The number of halogens is 1. The van der Waals surface area contributed by atoms with Gasteiger partial charge >= 0.3 is 12.1 Å². The second kappa shape index (κ2) is 11.7. The standard InChI is InChI=1S/C31H38BrN3O7/c1-9-19-13-31(19,28(38)40-8)34-27(37)23-11-20(15-35(23)29(39)42-30(5,6)7)41-25-12-22(24(36)14-32)33-26-18(4)17(3)16(2)10-21(25)26/h9-10,12,19-20,23H,1,11,13-15H2,2-8H3,(H,34,37)/t19-,20-,23-,31-/m1/s1. The molecule has 2 heterocycles. The average molecular weight is 645 g/mol. The Morgan fingerprint density at radius 3 is 2.45 bits per heavy atom. The number of carbonyl (C=O) groups excluding carboxylic acids is 4. The van der Waals surface area contributed by atoms with E-state index in [2.05, 4.69) is 32.8 Å². The number of nitrogens with zero attached hydrogens (tertiary/aromatic N) is 2. The summed E-state index contributed by atoms with van der Waals surface area (Å²) in [5.74, 6) is -1.12. The Morgan fingerprint density at radius 1 is 1.19 bits per heavy atom. The highest BCUT2D eigenvalue weighted by molar-refractivity contribution is 9.09. The molecule has 2 fully saturated rings. The fourth-order valence-corrected chi connectivity index (χ4v) is 5.67. The van der Waals surface area contributed by atoms with Crippen molar-refractivity contribution in [2.24, 2.45) is 5.92 Å². The van der Waals surface area contributed by atoms with Crippen LogP contribution >= 0.6 is 15.9 Å². The summed E-state index contributed by atoms with van der Waals surface area (Å²) in [5.41, 5.74) is 1.93. The molecule has 1 aliphatic heterocycles. The number of carbonyl (C=O) groups is 4. The highest BCUT2D eigenvalue weighted by Gasteiger charge is 2.62. The predicted octanol–water partition coefficient (Wildman–Crippen LogP) is 4.73. The van der Waals surface area contributed by atoms with E-state index in [0.29, 0.717) is 17.7 Å². The Morgan fingerprint density at radius 2 is 1.88 bits per heavy atom. The second-order valence-electron chi connectivity index (χ2n) is 12.0. The lowest BCUT2D eigenvalue weighted by molar-refractivity contribution is -0.147. The number of nitrogens with one attached hydrogen (secondary N) is 1. The largest absolute Gasteiger partial charge is 0.488 e. The summed E-state index contributed by atoms with van der Waals surface area (Å²) >= 11 is 3.23. The number of esters is 1. The van der Waals surface area contributed by atoms with Crippen molar-refractivity contribution >= 4 is 50.6 Å². The van der Waals surface area contributed by atoms with Crippen molar-refractivity contribution in [3.8, 4) is 5.75 Å². The van der Waals surface area contributed by atoms with Crippen molar-refractivity contribution in [3.05, 3.63) is 47.2 Å². The number of ketones is 1. The minimum Gasteiger partial charge on any atom is -0.488 e. The SMILES string of the molecule is C=C[C@@H]1C[C@]1(NC(=O)[C@H]1C[C@@H](Oc2cc(C(=O)CBr)nc3c(C)c(C)c(C)cc23)CN1C(=O)OC(C)(C)C)C(=O)OC. The molecule has 1 saturated heterocycles. The van der Waals surface area contributed by atoms with Gasteiger partial charge in [-0.05, 0) is 70.7 Å². The molecule has 2 amide bonds. The lowest BCUT2D eigenvalue weighted by atomic mass is 9.99. The van der Waals surface area contributed by atoms with Crippen LogP contribution in [0.5, 0.6) is 5.75 Å². The van der Waals surface area contributed by atoms with Crippen molar-refractivity contribution in [1.82, 2.24) is 15.2 Å². The molecule has 1 aliphatic carbocycles. The number of methoxy groups -OCH3 is 1. The average Bonchev–Trinajstić information content (AvgIpc) is 3.48. The number of aromatic nitrogens is 1. The summed E-state index contributed by atoms with van der Waals surface area (Å²) in [5, 5.41) is 3.66. The van der Waals surface area contributed by atoms with Gasteiger partial charge in [-0.3, -0.25) is 14.5 Å². The van der Waals surface area contributed by atoms with E-state index in [1.807, 2.05) is 26.8 Å². The van der Waals surface area contributed by atoms with Crippen LogP contribution in [0.1, 0.15) is 60.8 Å². The number of alkyl halides is 1. The Labute approximate surface area is 254 Å². The van der Waals surface area contributed by atoms with Crippen molar-refractivity contribution in [3.63, 3.8) is 0 Å². The normalized spacial score (nSPS) is 23.3. The van der Waals surface area contributed by atoms with Crippen LogP contribution in [0.4, 0.5) is 4.79 Å². The number of benzene rings is 1. The van der Waals surface area contributed by atoms with Gasteiger partial charge in [0, 0.05) is 23.8 Å². The van der Waals surface area contributed by atoms with E-state index in [1.165, 1.54) is 12.0 Å². The number of rotatable bonds is 8. The molecule has 0 spiro atoms. The van der Waals surface area contributed by atoms with Crippen LogP contribution in [0.15, 0.2) is 24.8 Å². The molecule has 2 aliphatic rings. The van der Waals surface area contributed by atoms with Gasteiger partial charge in [-0.2, -0.15) is 0 Å². The summed E-state index contributed by atoms with van der Waals surface area (Å²) in [6, 6.07) is 2.60. The summed E-state index contributed by atoms with van der Waals surface area (Å²) in [6.45, 7) is 15.0. The highest BCUT2D eigenvalue weighted by atomic mass is 79.9. The number of amides is 2. The maximum absolute atomic E-state index is 13.7. The Hall–Kier alpha value is -3.47. The molecule has 10 nitrogen and oxygen atoms in total. The topological polar surface area (TPSA) is 124 Å². The van der Waals surface area contributed by atoms with Gasteiger partial charge in [0.15, 0.2) is 5.78 Å². The van der Waals surface area contributed by atoms with Crippen LogP contribution in [-0.2, 0) is 19.1 Å². The van der Waals surface area contributed by atoms with Gasteiger partial charge in [0.1, 0.15) is 34.7 Å². The first-order valence-electron chi connectivity index (χ1n) is 13.9. The first-order valence-corrected chi connectivity index (χ1v) is 15.0. The first-order chi connectivity index (χ1) is 19.6. The maximum Gasteiger partial charge on any atom is 0.411 e. The summed E-state index contributed by atoms with van der Waals surface area (Å²) < 4.78 is 17.1. The molecule has 4 atom stereocenters. The van der Waals surface area contributed by atoms with Crippen LogP contribution in [0.3, 0.4) is 0 Å². The number of fused-ring (bicyclic) bond motifs is 1. The van der Waals surface area contributed by atoms with E-state index in [4.69, 9.17) is 14.2 Å². The zero-order valence-electron chi connectivity index (χ0n) is 25.1. The number of hydrogen-bond acceptors (Lipinski definition) is 8. The third kappa shape index (κ3) is 6.02. The minimum absolute atomic E-state index is 0.0540. The molecule has 0 unspecified atom stereocenters. The number of likely N-dealkylation sites (tertiary alicyclic amines) is 1. The monoisotopic (exact) mass is 643 g/mol. The molecule has 1 aromatic carbocycles. The summed E-state index contributed by atoms with van der Waals surface area (Å²) in [4.78, 5) is 58.2. The molecule has 1 N–H and O–H groups in total. The van der Waals surface area contributed by atoms with Gasteiger partial charge in [0.2, 0.25) is 5.91 Å². The number of ether oxygens (including phenoxy) is 3. The van der Waals surface area contributed by atoms with Crippen LogP contribution in [0, 0.1) is 26.7 Å². The minimum atomic E-state index is -1.22. The Bertz CT molecular complexity index is 1470. The van der Waals surface area contributed by atoms with Crippen molar-refractivity contribution in [2.45, 2.75) is 77.7 Å². The maximum atomic E-state index is 13.7. The first kappa shape index (κ1) is 31.5. The van der Waals surface area contributed by atoms with Gasteiger partial charge in [-0.1, -0.05) is 22.0 Å². The van der Waals surface area contributed by atoms with Gasteiger partial charge < -0.3 is 19.5 Å². The molecular formula is C31H38BrN3O7. The van der Waals surface area contributed by atoms with Crippen LogP contribution in [0.25, 0.3) is 10.9 Å². The molecule has 0 radical (unpaired) electrons. The third-order valence-corrected chi connectivity index (χ3v) is 8.49. The molecule has 11 heteroatoms. The molecule has 2 aromatic rings. The van der Waals surface area contributed by atoms with Gasteiger partial charge in [0.25, 0.3) is 0 Å². The van der Waals surface area contributed by atoms with E-state index >= 15 is 0 Å². The number of pyridine rings is 1. The van der Waals surface area contributed by atoms with Crippen LogP contribution < -0.4 is 10.1 Å². The molecule has 0 bridgehead atoms. The smallest absolute Gasteiger partial charge is 0.411 e. The molecule has 1 aromatic heterocycles. The summed E-state index contributed by atoms with van der Waals surface area (Å²) in [7, 11) is 1.26. The molecule has 226 valence electrons. The van der Waals surface area contributed by atoms with Crippen LogP contribution in [-0.4, -0.2) is 75.9 Å². The van der Waals surface area contributed by atoms with Crippen molar-refractivity contribution in [1.29, 1.82) is 0 Å². The fraction of sp³-hybridized carbons (Fsp3) is 0.516. The number of hydrogen-bond donors (Lipinski definition) is 1. The lowest BCUT2D eigenvalue weighted by Crippen LogP contribution is -2.53. The number of Topliss-reactive ketones (excluding diaryl/α,β-unsaturated/α-hetero) is 1. The van der Waals surface area contributed by atoms with E-state index in [1.54, 1.807) is 32.9 Å². The van der Waals surface area contributed by atoms with Gasteiger partial charge in [-0.15, -0.1) is 6.58 Å². The molecule has 4 rings (SSSR count). The Balaban J connectivity index is 1.69. The van der Waals surface area contributed by atoms with E-state index in [-0.39, 0.29) is 35.7 Å². The van der Waals surface area contributed by atoms with Gasteiger partial charge in [-0.25, -0.2) is 14.6 Å². The lowest BCUT2D eigenvalue weighted by Gasteiger charge is -2.28. The number of aryl methyl sites for hydroxylation is 2. The van der Waals surface area contributed by atoms with Crippen LogP contribution in [0.2, 0.25) is 0 Å². The summed E-state index contributed by atoms with van der Waals surface area (Å²) in [6.07, 6.45) is 0.816. The van der Waals surface area contributed by atoms with Crippen molar-refractivity contribution in [2.75, 3.05) is 19.0 Å². The second-order valence-corrected chi connectivity index (χ2v) is 12.6. The van der Waals surface area contributed by atoms with E-state index < -0.39 is 41.3 Å². The quantitative estimate of drug-likeness (QED) is 0.190. The predicted molar refractivity (Wildman–Crippen MR) is 161 cm³/mol. The molecule has 42 heavy (non-hydrogen) atoms. The molecular weight excluding hydrogens is 606 g/mol. The fourth-order valence-electron chi connectivity index (χ4n) is 5.38. The third-order valence-electron chi connectivity index (χ3n) is 7.98. The van der Waals surface area contributed by atoms with E-state index in [9.17, 15) is 19.2 Å². The van der Waals surface area contributed by atoms with E-state index in [0.717, 1.165) is 22.1 Å². The zero-order chi connectivity index (χ0) is 31.1. The van der Waals surface area contributed by atoms with Gasteiger partial charge in [0.05, 0.1) is 24.5 Å². The zero-order valence-corrected chi connectivity index (χ0v) is 26.7. The highest BCUT2D eigenvalue weighted by Crippen LogP contribution is 2.45. The van der Waals surface area contributed by atoms with Crippen molar-refractivity contribution < 1.29 is 33.4 Å². The molecule has 1 saturated carbocycles.